The van der Waals surface area contributed by atoms with Crippen LogP contribution < -0.4 is 5.32 Å². The topological polar surface area (TPSA) is 32.3 Å². The van der Waals surface area contributed by atoms with Crippen LogP contribution in [0.25, 0.3) is 0 Å². The summed E-state index contributed by atoms with van der Waals surface area (Å²) in [6, 6.07) is 0.0855. The summed E-state index contributed by atoms with van der Waals surface area (Å²) in [4.78, 5) is 14.3. The van der Waals surface area contributed by atoms with Gasteiger partial charge in [-0.2, -0.15) is 0 Å². The zero-order valence-electron chi connectivity index (χ0n) is 10.8. The quantitative estimate of drug-likeness (QED) is 0.808. The van der Waals surface area contributed by atoms with E-state index in [1.807, 2.05) is 0 Å². The largest absolute Gasteiger partial charge is 0.340 e. The van der Waals surface area contributed by atoms with Crippen molar-refractivity contribution in [3.05, 3.63) is 0 Å². The second kappa shape index (κ2) is 4.60. The smallest absolute Gasteiger partial charge is 0.239 e. The monoisotopic (exact) mass is 236 g/mol. The summed E-state index contributed by atoms with van der Waals surface area (Å²) in [5.41, 5.74) is 0. The molecule has 4 unspecified atom stereocenters. The molecule has 3 rings (SSSR count). The van der Waals surface area contributed by atoms with Crippen LogP contribution in [0.2, 0.25) is 0 Å². The molecule has 3 heteroatoms. The number of nitrogens with zero attached hydrogens (tertiary/aromatic N) is 1. The van der Waals surface area contributed by atoms with Crippen LogP contribution in [0, 0.1) is 17.8 Å². The van der Waals surface area contributed by atoms with Gasteiger partial charge in [0.1, 0.15) is 0 Å². The summed E-state index contributed by atoms with van der Waals surface area (Å²) >= 11 is 0. The van der Waals surface area contributed by atoms with Gasteiger partial charge in [0, 0.05) is 19.6 Å². The van der Waals surface area contributed by atoms with Gasteiger partial charge in [0.2, 0.25) is 5.91 Å². The van der Waals surface area contributed by atoms with E-state index in [9.17, 15) is 4.79 Å². The van der Waals surface area contributed by atoms with Gasteiger partial charge in [0.25, 0.3) is 0 Å². The van der Waals surface area contributed by atoms with Crippen LogP contribution in [0.5, 0.6) is 0 Å². The van der Waals surface area contributed by atoms with Crippen molar-refractivity contribution in [3.8, 4) is 0 Å². The van der Waals surface area contributed by atoms with E-state index in [2.05, 4.69) is 17.1 Å². The fourth-order valence-electron chi connectivity index (χ4n) is 4.17. The summed E-state index contributed by atoms with van der Waals surface area (Å²) in [7, 11) is 0. The zero-order chi connectivity index (χ0) is 11.8. The van der Waals surface area contributed by atoms with E-state index in [1.54, 1.807) is 0 Å². The highest BCUT2D eigenvalue weighted by atomic mass is 16.2. The van der Waals surface area contributed by atoms with Gasteiger partial charge >= 0.3 is 0 Å². The van der Waals surface area contributed by atoms with Gasteiger partial charge in [-0.1, -0.05) is 13.3 Å². The lowest BCUT2D eigenvalue weighted by atomic mass is 9.88. The summed E-state index contributed by atoms with van der Waals surface area (Å²) in [6.07, 6.45) is 6.63. The first kappa shape index (κ1) is 11.5. The summed E-state index contributed by atoms with van der Waals surface area (Å²) in [5, 5.41) is 3.32. The number of hydrogen-bond acceptors (Lipinski definition) is 2. The fraction of sp³-hybridized carbons (Fsp3) is 0.929. The molecule has 2 aliphatic carbocycles. The Morgan fingerprint density at radius 3 is 2.88 bits per heavy atom. The first-order valence-electron chi connectivity index (χ1n) is 7.30. The van der Waals surface area contributed by atoms with Crippen LogP contribution in [0.3, 0.4) is 0 Å². The van der Waals surface area contributed by atoms with Gasteiger partial charge in [0.05, 0.1) is 6.04 Å². The van der Waals surface area contributed by atoms with E-state index in [0.717, 1.165) is 43.8 Å². The first-order chi connectivity index (χ1) is 8.28. The molecule has 2 saturated carbocycles. The molecular formula is C14H24N2O. The SMILES string of the molecule is CCC1NCCN(CC2CC3CCC2C3)C1=O. The number of amides is 1. The number of rotatable bonds is 3. The maximum absolute atomic E-state index is 12.2. The molecule has 0 aromatic heterocycles. The number of piperazine rings is 1. The van der Waals surface area contributed by atoms with Crippen LogP contribution in [0.4, 0.5) is 0 Å². The molecule has 0 radical (unpaired) electrons. The van der Waals surface area contributed by atoms with Crippen molar-refractivity contribution in [2.45, 2.75) is 45.1 Å². The predicted molar refractivity (Wildman–Crippen MR) is 67.6 cm³/mol. The first-order valence-corrected chi connectivity index (χ1v) is 7.30. The van der Waals surface area contributed by atoms with E-state index in [1.165, 1.54) is 25.7 Å². The Kier molecular flexibility index (Phi) is 3.12. The molecule has 0 aromatic rings. The predicted octanol–water partition coefficient (Wildman–Crippen LogP) is 1.63. The molecule has 17 heavy (non-hydrogen) atoms. The molecular weight excluding hydrogens is 212 g/mol. The number of hydrogen-bond donors (Lipinski definition) is 1. The Balaban J connectivity index is 1.59. The Bertz CT molecular complexity index is 305. The third kappa shape index (κ3) is 2.10. The second-order valence-electron chi connectivity index (χ2n) is 6.13. The molecule has 3 aliphatic rings. The fourth-order valence-corrected chi connectivity index (χ4v) is 4.17. The minimum Gasteiger partial charge on any atom is -0.340 e. The molecule has 1 amide bonds. The van der Waals surface area contributed by atoms with Crippen molar-refractivity contribution in [2.75, 3.05) is 19.6 Å². The van der Waals surface area contributed by atoms with Gasteiger partial charge in [-0.3, -0.25) is 4.79 Å². The molecule has 1 saturated heterocycles. The van der Waals surface area contributed by atoms with Gasteiger partial charge in [-0.15, -0.1) is 0 Å². The van der Waals surface area contributed by atoms with Crippen molar-refractivity contribution in [1.29, 1.82) is 0 Å². The second-order valence-corrected chi connectivity index (χ2v) is 6.13. The normalized spacial score (nSPS) is 41.2. The lowest BCUT2D eigenvalue weighted by molar-refractivity contribution is -0.136. The Morgan fingerprint density at radius 2 is 2.24 bits per heavy atom. The Morgan fingerprint density at radius 1 is 1.35 bits per heavy atom. The van der Waals surface area contributed by atoms with E-state index in [0.29, 0.717) is 5.91 Å². The lowest BCUT2D eigenvalue weighted by Crippen LogP contribution is -2.55. The molecule has 2 bridgehead atoms. The molecule has 0 aromatic carbocycles. The van der Waals surface area contributed by atoms with Crippen molar-refractivity contribution in [1.82, 2.24) is 10.2 Å². The van der Waals surface area contributed by atoms with Crippen molar-refractivity contribution < 1.29 is 4.79 Å². The van der Waals surface area contributed by atoms with Gasteiger partial charge in [-0.05, 0) is 43.4 Å². The third-order valence-electron chi connectivity index (χ3n) is 5.13. The number of carbonyl (C=O) groups is 1. The van der Waals surface area contributed by atoms with Crippen LogP contribution in [-0.2, 0) is 4.79 Å². The molecule has 3 nitrogen and oxygen atoms in total. The summed E-state index contributed by atoms with van der Waals surface area (Å²) < 4.78 is 0. The molecule has 0 spiro atoms. The maximum atomic E-state index is 12.2. The van der Waals surface area contributed by atoms with Crippen molar-refractivity contribution in [2.24, 2.45) is 17.8 Å². The Hall–Kier alpha value is -0.570. The zero-order valence-corrected chi connectivity index (χ0v) is 10.8. The standard InChI is InChI=1S/C14H24N2O/c1-2-13-14(17)16(6-5-15-13)9-12-8-10-3-4-11(12)7-10/h10-13,15H,2-9H2,1H3. The molecule has 1 N–H and O–H groups in total. The van der Waals surface area contributed by atoms with Gasteiger partial charge in [-0.25, -0.2) is 0 Å². The molecule has 1 heterocycles. The van der Waals surface area contributed by atoms with Crippen LogP contribution in [-0.4, -0.2) is 36.5 Å². The van der Waals surface area contributed by atoms with Crippen LogP contribution in [0.15, 0.2) is 0 Å². The van der Waals surface area contributed by atoms with Crippen LogP contribution in [0.1, 0.15) is 39.0 Å². The molecule has 96 valence electrons. The maximum Gasteiger partial charge on any atom is 0.239 e. The summed E-state index contributed by atoms with van der Waals surface area (Å²) in [6.45, 7) is 5.03. The highest BCUT2D eigenvalue weighted by Crippen LogP contribution is 2.48. The minimum absolute atomic E-state index is 0.0855. The highest BCUT2D eigenvalue weighted by Gasteiger charge is 2.41. The average molecular weight is 236 g/mol. The van der Waals surface area contributed by atoms with Crippen molar-refractivity contribution >= 4 is 5.91 Å². The molecule has 1 aliphatic heterocycles. The third-order valence-corrected chi connectivity index (χ3v) is 5.13. The highest BCUT2D eigenvalue weighted by molar-refractivity contribution is 5.82. The lowest BCUT2D eigenvalue weighted by Gasteiger charge is -2.36. The molecule has 3 fully saturated rings. The Labute approximate surface area is 104 Å². The average Bonchev–Trinajstić information content (AvgIpc) is 2.94. The molecule has 4 atom stereocenters. The number of carbonyl (C=O) groups excluding carboxylic acids is 1. The number of nitrogens with one attached hydrogen (secondary N) is 1. The van der Waals surface area contributed by atoms with Gasteiger partial charge in [0.15, 0.2) is 0 Å². The van der Waals surface area contributed by atoms with E-state index < -0.39 is 0 Å². The van der Waals surface area contributed by atoms with E-state index in [-0.39, 0.29) is 6.04 Å². The van der Waals surface area contributed by atoms with E-state index >= 15 is 0 Å². The minimum atomic E-state index is 0.0855. The van der Waals surface area contributed by atoms with Crippen molar-refractivity contribution in [3.63, 3.8) is 0 Å². The van der Waals surface area contributed by atoms with Crippen LogP contribution >= 0.6 is 0 Å². The summed E-state index contributed by atoms with van der Waals surface area (Å²) in [5.74, 6) is 3.09. The van der Waals surface area contributed by atoms with Gasteiger partial charge < -0.3 is 10.2 Å². The van der Waals surface area contributed by atoms with E-state index in [4.69, 9.17) is 0 Å². The number of fused-ring (bicyclic) bond motifs is 2.